The summed E-state index contributed by atoms with van der Waals surface area (Å²) in [6.07, 6.45) is 4.05. The summed E-state index contributed by atoms with van der Waals surface area (Å²) in [5.74, 6) is -1.49. The van der Waals surface area contributed by atoms with Crippen molar-refractivity contribution in [2.75, 3.05) is 76.5 Å². The molecule has 5 aromatic carbocycles. The molecule has 0 aliphatic carbocycles. The van der Waals surface area contributed by atoms with Gasteiger partial charge in [0.2, 0.25) is 8.45 Å². The molecular formula is C55H64N6O6P2S. The third-order valence-electron chi connectivity index (χ3n) is 10.8. The molecule has 0 spiro atoms. The van der Waals surface area contributed by atoms with Gasteiger partial charge in [0.15, 0.2) is 5.11 Å². The minimum absolute atomic E-state index is 0.259. The van der Waals surface area contributed by atoms with Gasteiger partial charge < -0.3 is 43.3 Å². The van der Waals surface area contributed by atoms with Gasteiger partial charge >= 0.3 is 11.9 Å². The maximum absolute atomic E-state index is 14.7. The molecule has 15 heteroatoms. The van der Waals surface area contributed by atoms with Crippen molar-refractivity contribution in [2.24, 2.45) is 5.92 Å². The summed E-state index contributed by atoms with van der Waals surface area (Å²) in [7, 11) is -4.31. The van der Waals surface area contributed by atoms with Crippen LogP contribution in [0.25, 0.3) is 0 Å². The number of para-hydroxylation sites is 5. The second-order valence-corrected chi connectivity index (χ2v) is 20.2. The van der Waals surface area contributed by atoms with E-state index in [2.05, 4.69) is 101 Å². The zero-order valence-electron chi connectivity index (χ0n) is 40.1. The number of ether oxygens (including phenoxy) is 2. The maximum Gasteiger partial charge on any atom is 0.342 e. The van der Waals surface area contributed by atoms with E-state index in [1.54, 1.807) is 26.0 Å². The highest BCUT2D eigenvalue weighted by molar-refractivity contribution is 7.80. The Morgan fingerprint density at radius 1 is 0.714 bits per heavy atom. The maximum atomic E-state index is 14.7. The number of esters is 2. The highest BCUT2D eigenvalue weighted by Crippen LogP contribution is 2.67. The van der Waals surface area contributed by atoms with Crippen LogP contribution in [-0.2, 0) is 28.2 Å². The molecule has 2 fully saturated rings. The van der Waals surface area contributed by atoms with E-state index >= 15 is 0 Å². The molecule has 2 saturated heterocycles. The Kier molecular flexibility index (Phi) is 22.2. The Balaban J connectivity index is 0.000000216. The number of nitrogens with zero attached hydrogens (tertiary/aromatic N) is 4. The predicted octanol–water partition coefficient (Wildman–Crippen LogP) is 12.6. The zero-order valence-corrected chi connectivity index (χ0v) is 42.7. The largest absolute Gasteiger partial charge is 0.466 e. The van der Waals surface area contributed by atoms with Gasteiger partial charge in [-0.2, -0.15) is 0 Å². The van der Waals surface area contributed by atoms with Crippen LogP contribution in [0.4, 0.5) is 28.4 Å². The molecule has 0 saturated carbocycles. The minimum atomic E-state index is -3.36. The first-order valence-corrected chi connectivity index (χ1v) is 26.4. The van der Waals surface area contributed by atoms with Crippen LogP contribution in [0.15, 0.2) is 207 Å². The summed E-state index contributed by atoms with van der Waals surface area (Å²) in [6, 6.07) is 50.1. The lowest BCUT2D eigenvalue weighted by atomic mass is 10.1. The highest BCUT2D eigenvalue weighted by Gasteiger charge is 2.49. The van der Waals surface area contributed by atoms with Crippen molar-refractivity contribution >= 4 is 73.6 Å². The molecular weight excluding hydrogens is 935 g/mol. The summed E-state index contributed by atoms with van der Waals surface area (Å²) in [6.45, 7) is 23.2. The van der Waals surface area contributed by atoms with Crippen molar-refractivity contribution in [3.63, 3.8) is 0 Å². The van der Waals surface area contributed by atoms with E-state index in [1.807, 2.05) is 112 Å². The quantitative estimate of drug-likeness (QED) is 0.0156. The number of hydrogen-bond donors (Lipinski definition) is 2. The molecule has 366 valence electrons. The number of carbonyl (C=O) groups is 2. The smallest absolute Gasteiger partial charge is 0.342 e. The van der Waals surface area contributed by atoms with Crippen molar-refractivity contribution < 1.29 is 28.2 Å². The van der Waals surface area contributed by atoms with E-state index in [-0.39, 0.29) is 12.6 Å². The highest BCUT2D eigenvalue weighted by atomic mass is 32.1. The molecule has 7 rings (SSSR count). The molecule has 70 heavy (non-hydrogen) atoms. The van der Waals surface area contributed by atoms with Crippen LogP contribution in [0, 0.1) is 5.92 Å². The van der Waals surface area contributed by atoms with Crippen LogP contribution in [0.3, 0.4) is 0 Å². The normalized spacial score (nSPS) is 14.0. The van der Waals surface area contributed by atoms with E-state index in [0.29, 0.717) is 61.7 Å². The summed E-state index contributed by atoms with van der Waals surface area (Å²) in [5.41, 5.74) is 7.98. The van der Waals surface area contributed by atoms with E-state index in [1.165, 1.54) is 11.4 Å². The first-order chi connectivity index (χ1) is 34.1. The number of thiocarbonyl (C=S) groups is 1. The molecule has 2 N–H and O–H groups in total. The predicted molar refractivity (Wildman–Crippen MR) is 294 cm³/mol. The lowest BCUT2D eigenvalue weighted by molar-refractivity contribution is -0.146. The lowest BCUT2D eigenvalue weighted by Gasteiger charge is -2.36. The van der Waals surface area contributed by atoms with E-state index in [9.17, 15) is 14.2 Å². The molecule has 1 unspecified atom stereocenters. The number of rotatable bonds is 19. The van der Waals surface area contributed by atoms with Gasteiger partial charge in [-0.05, 0) is 93.1 Å². The topological polar surface area (TPSA) is 116 Å². The van der Waals surface area contributed by atoms with Gasteiger partial charge in [0.05, 0.1) is 31.3 Å². The molecule has 0 aromatic heterocycles. The Morgan fingerprint density at radius 2 is 1.17 bits per heavy atom. The van der Waals surface area contributed by atoms with Gasteiger partial charge in [-0.25, -0.2) is 4.79 Å². The number of hydrogen-bond acceptors (Lipinski definition) is 9. The Hall–Kier alpha value is -6.71. The van der Waals surface area contributed by atoms with Crippen LogP contribution in [0.2, 0.25) is 0 Å². The first-order valence-electron chi connectivity index (χ1n) is 23.2. The summed E-state index contributed by atoms with van der Waals surface area (Å²) in [4.78, 5) is 23.6. The van der Waals surface area contributed by atoms with Crippen molar-refractivity contribution in [1.82, 2.24) is 5.32 Å². The van der Waals surface area contributed by atoms with E-state index in [4.69, 9.17) is 26.2 Å². The fourth-order valence-corrected chi connectivity index (χ4v) is 12.8. The molecule has 0 bridgehead atoms. The molecule has 12 nitrogen and oxygen atoms in total. The van der Waals surface area contributed by atoms with Crippen molar-refractivity contribution in [2.45, 2.75) is 26.7 Å². The van der Waals surface area contributed by atoms with Crippen LogP contribution in [-0.4, -0.2) is 69.6 Å². The van der Waals surface area contributed by atoms with Gasteiger partial charge in [-0.3, -0.25) is 9.36 Å². The molecule has 0 radical (unpaired) electrons. The Bertz CT molecular complexity index is 2450. The summed E-state index contributed by atoms with van der Waals surface area (Å²) >= 11 is 5.39. The number of anilines is 5. The van der Waals surface area contributed by atoms with Gasteiger partial charge in [-0.1, -0.05) is 116 Å². The zero-order chi connectivity index (χ0) is 50.1. The fourth-order valence-electron chi connectivity index (χ4n) is 7.52. The second-order valence-electron chi connectivity index (χ2n) is 15.4. The van der Waals surface area contributed by atoms with Crippen LogP contribution < -0.4 is 29.3 Å². The number of allylic oxidation sites excluding steroid dienone is 2. The molecule has 0 amide bonds. The van der Waals surface area contributed by atoms with Crippen LogP contribution in [0.5, 0.6) is 0 Å². The third-order valence-corrected chi connectivity index (χ3v) is 16.4. The Morgan fingerprint density at radius 3 is 1.60 bits per heavy atom. The fraction of sp³-hybridized carbons (Fsp3) is 0.236. The van der Waals surface area contributed by atoms with Crippen LogP contribution >= 0.6 is 28.1 Å². The van der Waals surface area contributed by atoms with Gasteiger partial charge in [0, 0.05) is 72.9 Å². The number of benzene rings is 5. The molecule has 5 aromatic rings. The minimum Gasteiger partial charge on any atom is -0.466 e. The monoisotopic (exact) mass is 998 g/mol. The van der Waals surface area contributed by atoms with Gasteiger partial charge in [0.25, 0.3) is 7.44 Å². The summed E-state index contributed by atoms with van der Waals surface area (Å²) in [5, 5.41) is 7.40. The molecule has 1 atom stereocenters. The average Bonchev–Trinajstić information content (AvgIpc) is 3.99. The summed E-state index contributed by atoms with van der Waals surface area (Å²) < 4.78 is 39.6. The first kappa shape index (κ1) is 54.2. The van der Waals surface area contributed by atoms with Gasteiger partial charge in [0.1, 0.15) is 0 Å². The van der Waals surface area contributed by atoms with E-state index in [0.717, 1.165) is 30.2 Å². The molecule has 2 heterocycles. The number of nitrogens with one attached hydrogen (secondary N) is 2. The van der Waals surface area contributed by atoms with Crippen LogP contribution in [0.1, 0.15) is 26.7 Å². The van der Waals surface area contributed by atoms with E-state index < -0.39 is 27.8 Å². The average molecular weight is 999 g/mol. The van der Waals surface area contributed by atoms with Crippen molar-refractivity contribution in [3.8, 4) is 0 Å². The SMILES string of the molecule is C=C=C(CC=C)C(=O)OCC.C=CCC(C(=C)P1(=O)N(c2ccccc2)CCN1c1ccccc1)C(=O)OCC.S=C(NCCOP1N(c2ccccc2)CCN1c1ccccc1)Nc1ccccc1. The molecule has 2 aliphatic heterocycles. The lowest BCUT2D eigenvalue weighted by Crippen LogP contribution is -2.31. The third kappa shape index (κ3) is 14.9. The van der Waals surface area contributed by atoms with Crippen molar-refractivity contribution in [3.05, 3.63) is 207 Å². The Labute approximate surface area is 421 Å². The number of carbonyl (C=O) groups excluding carboxylic acids is 2. The van der Waals surface area contributed by atoms with Gasteiger partial charge in [-0.15, -0.1) is 18.9 Å². The molecule has 2 aliphatic rings. The standard InChI is InChI=1S/C23H25N4OPS.C23H27N2O3P.C9H12O2/c30-23(25-20-10-4-1-5-11-20)24-16-19-28-29-26(21-12-6-2-7-13-21)17-18-27(29)22-14-8-3-9-15-22;1-4-12-22(23(26)28-5-2)19(3)29(27)24(20-13-8-6-9-14-20)17-18-25(29)21-15-10-7-11-16-21;1-4-7-8(5-2)9(10)11-6-3/h1-15H,16-19H2,(H2,24,25,30);4,6-11,13-16,22H,1,3,5,12,17-18H2,2H3;4H,1-2,6-7H2,3H3. The second kappa shape index (κ2) is 28.7. The van der Waals surface area contributed by atoms with Crippen molar-refractivity contribution in [1.29, 1.82) is 0 Å².